The molecule has 1 aliphatic heterocycles. The zero-order valence-corrected chi connectivity index (χ0v) is 8.50. The summed E-state index contributed by atoms with van der Waals surface area (Å²) < 4.78 is 5.64. The van der Waals surface area contributed by atoms with Crippen LogP contribution in [0.15, 0.2) is 18.7 Å². The Morgan fingerprint density at radius 2 is 2.21 bits per heavy atom. The van der Waals surface area contributed by atoms with Crippen molar-refractivity contribution in [3.05, 3.63) is 29.8 Å². The quantitative estimate of drug-likeness (QED) is 0.681. The molecule has 74 valence electrons. The predicted molar refractivity (Wildman–Crippen MR) is 56.6 cm³/mol. The first-order valence-electron chi connectivity index (χ1n) is 4.76. The maximum Gasteiger partial charge on any atom is 0.131 e. The van der Waals surface area contributed by atoms with E-state index in [0.717, 1.165) is 28.9 Å². The van der Waals surface area contributed by atoms with E-state index < -0.39 is 0 Å². The molecule has 2 nitrogen and oxygen atoms in total. The van der Waals surface area contributed by atoms with Crippen LogP contribution in [0.4, 0.5) is 0 Å². The summed E-state index contributed by atoms with van der Waals surface area (Å²) in [5.74, 6) is 1.01. The largest absolute Gasteiger partial charge is 0.508 e. The molecule has 0 radical (unpaired) electrons. The molecular weight excluding hydrogens is 176 g/mol. The normalized spacial score (nSPS) is 20.1. The van der Waals surface area contributed by atoms with Crippen LogP contribution < -0.4 is 4.74 Å². The van der Waals surface area contributed by atoms with Crippen molar-refractivity contribution in [2.75, 3.05) is 0 Å². The third-order valence-corrected chi connectivity index (χ3v) is 2.50. The van der Waals surface area contributed by atoms with E-state index >= 15 is 0 Å². The van der Waals surface area contributed by atoms with Crippen LogP contribution >= 0.6 is 0 Å². The fraction of sp³-hybridized carbons (Fsp3) is 0.333. The van der Waals surface area contributed by atoms with Crippen molar-refractivity contribution in [2.45, 2.75) is 26.4 Å². The monoisotopic (exact) mass is 190 g/mol. The molecule has 1 aromatic rings. The van der Waals surface area contributed by atoms with Crippen LogP contribution in [-0.4, -0.2) is 11.2 Å². The highest BCUT2D eigenvalue weighted by Crippen LogP contribution is 2.39. The minimum absolute atomic E-state index is 0.149. The predicted octanol–water partition coefficient (Wildman–Crippen LogP) is 2.88. The highest BCUT2D eigenvalue weighted by Gasteiger charge is 2.21. The highest BCUT2D eigenvalue weighted by atomic mass is 16.5. The highest BCUT2D eigenvalue weighted by molar-refractivity contribution is 5.74. The number of phenols is 1. The molecule has 1 N–H and O–H groups in total. The van der Waals surface area contributed by atoms with Crippen LogP contribution in [0.3, 0.4) is 0 Å². The van der Waals surface area contributed by atoms with Crippen molar-refractivity contribution in [3.63, 3.8) is 0 Å². The summed E-state index contributed by atoms with van der Waals surface area (Å²) in [4.78, 5) is 0. The number of phenolic OH excluding ortho intramolecular Hbond substituents is 1. The lowest BCUT2D eigenvalue weighted by atomic mass is 9.94. The van der Waals surface area contributed by atoms with Crippen molar-refractivity contribution in [2.24, 2.45) is 0 Å². The van der Waals surface area contributed by atoms with E-state index in [0.29, 0.717) is 0 Å². The molecule has 0 aromatic heterocycles. The summed E-state index contributed by atoms with van der Waals surface area (Å²) in [5.41, 5.74) is 3.18. The second kappa shape index (κ2) is 3.05. The number of rotatable bonds is 0. The number of hydrogen-bond acceptors (Lipinski definition) is 2. The number of hydrogen-bond donors (Lipinski definition) is 1. The van der Waals surface area contributed by atoms with Gasteiger partial charge in [0.2, 0.25) is 0 Å². The summed E-state index contributed by atoms with van der Waals surface area (Å²) in [6.07, 6.45) is 1.01. The van der Waals surface area contributed by atoms with Crippen LogP contribution in [0.2, 0.25) is 0 Å². The van der Waals surface area contributed by atoms with Gasteiger partial charge in [0.1, 0.15) is 11.5 Å². The molecule has 1 unspecified atom stereocenters. The van der Waals surface area contributed by atoms with Gasteiger partial charge >= 0.3 is 0 Å². The molecule has 14 heavy (non-hydrogen) atoms. The van der Waals surface area contributed by atoms with Crippen molar-refractivity contribution < 1.29 is 9.84 Å². The van der Waals surface area contributed by atoms with E-state index in [4.69, 9.17) is 4.74 Å². The fourth-order valence-electron chi connectivity index (χ4n) is 1.99. The average molecular weight is 190 g/mol. The summed E-state index contributed by atoms with van der Waals surface area (Å²) in [6.45, 7) is 8.00. The van der Waals surface area contributed by atoms with Gasteiger partial charge in [0, 0.05) is 18.1 Å². The Hall–Kier alpha value is -1.44. The SMILES string of the molecule is C=C1CC(C)Oc2cc(O)cc(C)c21. The molecule has 2 rings (SSSR count). The first-order chi connectivity index (χ1) is 6.58. The van der Waals surface area contributed by atoms with E-state index in [-0.39, 0.29) is 11.9 Å². The van der Waals surface area contributed by atoms with Crippen LogP contribution in [0.25, 0.3) is 5.57 Å². The maximum absolute atomic E-state index is 9.43. The first kappa shape index (κ1) is 9.13. The molecule has 0 saturated heterocycles. The van der Waals surface area contributed by atoms with E-state index in [1.54, 1.807) is 12.1 Å². The molecule has 0 amide bonds. The van der Waals surface area contributed by atoms with Crippen LogP contribution in [-0.2, 0) is 0 Å². The molecule has 0 aliphatic carbocycles. The number of aryl methyl sites for hydroxylation is 1. The molecule has 1 atom stereocenters. The zero-order chi connectivity index (χ0) is 10.3. The molecule has 0 bridgehead atoms. The van der Waals surface area contributed by atoms with Gasteiger partial charge < -0.3 is 9.84 Å². The fourth-order valence-corrected chi connectivity index (χ4v) is 1.99. The Bertz CT molecular complexity index is 394. The summed E-state index contributed by atoms with van der Waals surface area (Å²) >= 11 is 0. The first-order valence-corrected chi connectivity index (χ1v) is 4.76. The molecule has 1 aliphatic rings. The second-order valence-electron chi connectivity index (χ2n) is 3.87. The lowest BCUT2D eigenvalue weighted by molar-refractivity contribution is 0.217. The zero-order valence-electron chi connectivity index (χ0n) is 8.50. The van der Waals surface area contributed by atoms with Gasteiger partial charge in [0.05, 0.1) is 6.10 Å². The minimum Gasteiger partial charge on any atom is -0.508 e. The average Bonchev–Trinajstić information content (AvgIpc) is 1.99. The maximum atomic E-state index is 9.43. The molecule has 1 aromatic carbocycles. The Balaban J connectivity index is 2.59. The molecule has 0 spiro atoms. The standard InChI is InChI=1S/C12H14O2/c1-7-4-9(3)14-11-6-10(13)5-8(2)12(7)11/h5-6,9,13H,1,4H2,2-3H3. The van der Waals surface area contributed by atoms with Gasteiger partial charge in [-0.1, -0.05) is 6.58 Å². The minimum atomic E-state index is 0.149. The van der Waals surface area contributed by atoms with Crippen molar-refractivity contribution in [1.29, 1.82) is 0 Å². The Kier molecular flexibility index (Phi) is 1.99. The number of fused-ring (bicyclic) bond motifs is 1. The molecule has 0 saturated carbocycles. The third kappa shape index (κ3) is 1.37. The lowest BCUT2D eigenvalue weighted by Gasteiger charge is -2.26. The third-order valence-electron chi connectivity index (χ3n) is 2.50. The van der Waals surface area contributed by atoms with Crippen LogP contribution in [0.5, 0.6) is 11.5 Å². The second-order valence-corrected chi connectivity index (χ2v) is 3.87. The molecule has 2 heteroatoms. The van der Waals surface area contributed by atoms with Gasteiger partial charge in [0.15, 0.2) is 0 Å². The van der Waals surface area contributed by atoms with Crippen LogP contribution in [0.1, 0.15) is 24.5 Å². The molecule has 1 heterocycles. The van der Waals surface area contributed by atoms with Gasteiger partial charge in [0.25, 0.3) is 0 Å². The van der Waals surface area contributed by atoms with Crippen molar-refractivity contribution in [3.8, 4) is 11.5 Å². The topological polar surface area (TPSA) is 29.5 Å². The number of benzene rings is 1. The molecule has 0 fully saturated rings. The van der Waals surface area contributed by atoms with Gasteiger partial charge in [-0.25, -0.2) is 0 Å². The smallest absolute Gasteiger partial charge is 0.131 e. The van der Waals surface area contributed by atoms with E-state index in [1.807, 2.05) is 13.8 Å². The molecular formula is C12H14O2. The van der Waals surface area contributed by atoms with Crippen molar-refractivity contribution in [1.82, 2.24) is 0 Å². The van der Waals surface area contributed by atoms with E-state index in [2.05, 4.69) is 6.58 Å². The Labute approximate surface area is 83.8 Å². The van der Waals surface area contributed by atoms with Gasteiger partial charge in [-0.3, -0.25) is 0 Å². The van der Waals surface area contributed by atoms with Gasteiger partial charge in [-0.2, -0.15) is 0 Å². The van der Waals surface area contributed by atoms with E-state index in [1.165, 1.54) is 0 Å². The Morgan fingerprint density at radius 3 is 2.93 bits per heavy atom. The van der Waals surface area contributed by atoms with Crippen molar-refractivity contribution >= 4 is 5.57 Å². The summed E-state index contributed by atoms with van der Waals surface area (Å²) in [7, 11) is 0. The number of ether oxygens (including phenoxy) is 1. The van der Waals surface area contributed by atoms with Gasteiger partial charge in [-0.15, -0.1) is 0 Å². The summed E-state index contributed by atoms with van der Waals surface area (Å²) in [5, 5.41) is 9.43. The van der Waals surface area contributed by atoms with Crippen LogP contribution in [0, 0.1) is 6.92 Å². The number of aromatic hydroxyl groups is 1. The lowest BCUT2D eigenvalue weighted by Crippen LogP contribution is -2.18. The van der Waals surface area contributed by atoms with Gasteiger partial charge in [-0.05, 0) is 31.1 Å². The van der Waals surface area contributed by atoms with E-state index in [9.17, 15) is 5.11 Å². The Morgan fingerprint density at radius 1 is 1.50 bits per heavy atom. The summed E-state index contributed by atoms with van der Waals surface area (Å²) in [6, 6.07) is 3.40.